The zero-order valence-electron chi connectivity index (χ0n) is 23.3. The van der Waals surface area contributed by atoms with Crippen molar-refractivity contribution in [3.05, 3.63) is 91.9 Å². The van der Waals surface area contributed by atoms with Crippen molar-refractivity contribution in [3.8, 4) is 0 Å². The first-order valence-electron chi connectivity index (χ1n) is 14.2. The fourth-order valence-electron chi connectivity index (χ4n) is 6.02. The summed E-state index contributed by atoms with van der Waals surface area (Å²) in [7, 11) is 1.56. The Bertz CT molecular complexity index is 1760. The van der Waals surface area contributed by atoms with Crippen LogP contribution in [-0.2, 0) is 17.7 Å². The molecule has 0 spiro atoms. The lowest BCUT2D eigenvalue weighted by Gasteiger charge is -2.26. The highest BCUT2D eigenvalue weighted by Crippen LogP contribution is 2.34. The first-order chi connectivity index (χ1) is 20.1. The number of nitrogens with one attached hydrogen (secondary N) is 1. The van der Waals surface area contributed by atoms with Crippen LogP contribution in [0.2, 0.25) is 0 Å². The van der Waals surface area contributed by atoms with Crippen molar-refractivity contribution in [2.75, 3.05) is 7.11 Å². The number of nitrogens with zero attached hydrogens (tertiary/aromatic N) is 6. The van der Waals surface area contributed by atoms with Gasteiger partial charge < -0.3 is 4.84 Å². The average molecular weight is 556 g/mol. The van der Waals surface area contributed by atoms with Crippen molar-refractivity contribution in [2.24, 2.45) is 5.16 Å². The van der Waals surface area contributed by atoms with Gasteiger partial charge in [0.1, 0.15) is 13.4 Å². The standard InChI is InChI=1S/C30H33N7O4/c1-3-6-26-25(28(38)36(29-31-18-32-37(26)29)22-15-13-21(14-16-22)34-40-2)17-19-9-11-20(12-10-19)23-7-4-5-8-24(23)27-33-30(39)41-35-27/h7-12,18,22H,3-6,13-17H2,1-2H3,(H,33,35,39). The molecule has 0 atom stereocenters. The Balaban J connectivity index is 1.34. The fourth-order valence-corrected chi connectivity index (χ4v) is 6.02. The molecule has 1 fully saturated rings. The molecule has 212 valence electrons. The van der Waals surface area contributed by atoms with E-state index in [0.29, 0.717) is 18.0 Å². The molecule has 0 unspecified atom stereocenters. The first kappa shape index (κ1) is 26.7. The van der Waals surface area contributed by atoms with Gasteiger partial charge in [-0.1, -0.05) is 60.1 Å². The Morgan fingerprint density at radius 1 is 1.10 bits per heavy atom. The van der Waals surface area contributed by atoms with Crippen LogP contribution in [0, 0.1) is 0 Å². The Kier molecular flexibility index (Phi) is 7.49. The van der Waals surface area contributed by atoms with Gasteiger partial charge in [0.15, 0.2) is 5.82 Å². The minimum atomic E-state index is -0.573. The van der Waals surface area contributed by atoms with E-state index in [1.807, 2.05) is 9.08 Å². The fraction of sp³-hybridized carbons (Fsp3) is 0.400. The van der Waals surface area contributed by atoms with Crippen molar-refractivity contribution >= 4 is 22.6 Å². The smallest absolute Gasteiger partial charge is 0.399 e. The van der Waals surface area contributed by atoms with Crippen LogP contribution in [0.4, 0.5) is 0 Å². The number of benzene rings is 1. The molecule has 3 aromatic heterocycles. The summed E-state index contributed by atoms with van der Waals surface area (Å²) in [6, 6.07) is 8.26. The predicted octanol–water partition coefficient (Wildman–Crippen LogP) is 4.49. The number of H-pyrrole nitrogens is 1. The summed E-state index contributed by atoms with van der Waals surface area (Å²) >= 11 is 0. The second kappa shape index (κ2) is 11.5. The lowest BCUT2D eigenvalue weighted by atomic mass is 9.90. The largest absolute Gasteiger partial charge is 0.439 e. The Labute approximate surface area is 236 Å². The van der Waals surface area contributed by atoms with Crippen molar-refractivity contribution < 1.29 is 9.36 Å². The monoisotopic (exact) mass is 555 g/mol. The Morgan fingerprint density at radius 2 is 1.85 bits per heavy atom. The maximum absolute atomic E-state index is 14.2. The van der Waals surface area contributed by atoms with Crippen molar-refractivity contribution in [3.63, 3.8) is 0 Å². The maximum atomic E-state index is 14.2. The minimum absolute atomic E-state index is 0.00496. The predicted molar refractivity (Wildman–Crippen MR) is 155 cm³/mol. The molecule has 3 heterocycles. The summed E-state index contributed by atoms with van der Waals surface area (Å²) < 4.78 is 8.45. The van der Waals surface area contributed by atoms with Crippen molar-refractivity contribution in [1.82, 2.24) is 29.3 Å². The van der Waals surface area contributed by atoms with Crippen molar-refractivity contribution in [2.45, 2.75) is 70.8 Å². The van der Waals surface area contributed by atoms with Crippen LogP contribution in [0.25, 0.3) is 16.9 Å². The highest BCUT2D eigenvalue weighted by atomic mass is 16.6. The molecule has 4 aromatic rings. The normalized spacial score (nSPS) is 17.4. The molecular formula is C30H33N7O4. The summed E-state index contributed by atoms with van der Waals surface area (Å²) in [6.07, 6.45) is 12.8. The van der Waals surface area contributed by atoms with Gasteiger partial charge in [-0.05, 0) is 61.6 Å². The van der Waals surface area contributed by atoms with Gasteiger partial charge in [-0.3, -0.25) is 18.9 Å². The molecule has 0 bridgehead atoms. The molecule has 0 saturated heterocycles. The number of hydrogen-bond acceptors (Lipinski definition) is 8. The van der Waals surface area contributed by atoms with E-state index in [0.717, 1.165) is 90.6 Å². The lowest BCUT2D eigenvalue weighted by molar-refractivity contribution is 0.209. The van der Waals surface area contributed by atoms with E-state index < -0.39 is 5.76 Å². The summed E-state index contributed by atoms with van der Waals surface area (Å²) in [6.45, 7) is 2.11. The Morgan fingerprint density at radius 3 is 2.54 bits per heavy atom. The Hall–Kier alpha value is -4.54. The molecule has 1 aromatic carbocycles. The van der Waals surface area contributed by atoms with Crippen LogP contribution in [0.15, 0.2) is 62.0 Å². The zero-order chi connectivity index (χ0) is 28.3. The summed E-state index contributed by atoms with van der Waals surface area (Å²) in [5.74, 6) is 0.458. The molecule has 0 radical (unpaired) electrons. The molecule has 0 amide bonds. The van der Waals surface area contributed by atoms with Gasteiger partial charge in [-0.15, -0.1) is 0 Å². The molecule has 2 aliphatic rings. The van der Waals surface area contributed by atoms with Gasteiger partial charge in [0.2, 0.25) is 5.78 Å². The molecule has 0 aliphatic heterocycles. The zero-order valence-corrected chi connectivity index (χ0v) is 23.3. The highest BCUT2D eigenvalue weighted by Gasteiger charge is 2.27. The lowest BCUT2D eigenvalue weighted by Crippen LogP contribution is -2.34. The molecular weight excluding hydrogens is 522 g/mol. The molecule has 1 saturated carbocycles. The third-order valence-corrected chi connectivity index (χ3v) is 7.93. The van der Waals surface area contributed by atoms with Crippen LogP contribution in [-0.4, -0.2) is 42.1 Å². The second-order valence-electron chi connectivity index (χ2n) is 10.5. The SMILES string of the molecule is CCCc1c(Cc2ccc(C3=CCCC=C3c3noc(=O)[nH]3)cc2)c(=O)n(C2CCC(=NOC)CC2)c2ncnn12. The molecule has 6 rings (SSSR count). The van der Waals surface area contributed by atoms with E-state index in [9.17, 15) is 9.59 Å². The first-order valence-corrected chi connectivity index (χ1v) is 14.2. The average Bonchev–Trinajstić information content (AvgIpc) is 3.66. The number of oxime groups is 1. The number of hydrogen-bond donors (Lipinski definition) is 1. The van der Waals surface area contributed by atoms with E-state index in [4.69, 9.17) is 9.36 Å². The number of rotatable bonds is 8. The molecule has 2 aliphatic carbocycles. The van der Waals surface area contributed by atoms with Crippen LogP contribution in [0.3, 0.4) is 0 Å². The topological polar surface area (TPSA) is 133 Å². The van der Waals surface area contributed by atoms with Crippen LogP contribution in [0.1, 0.15) is 86.1 Å². The molecule has 11 nitrogen and oxygen atoms in total. The quantitative estimate of drug-likeness (QED) is 0.317. The van der Waals surface area contributed by atoms with E-state index in [2.05, 4.69) is 68.7 Å². The van der Waals surface area contributed by atoms with Crippen LogP contribution in [0.5, 0.6) is 0 Å². The van der Waals surface area contributed by atoms with E-state index >= 15 is 0 Å². The van der Waals surface area contributed by atoms with Gasteiger partial charge in [0.05, 0.1) is 11.4 Å². The number of aryl methyl sites for hydroxylation is 1. The second-order valence-corrected chi connectivity index (χ2v) is 10.5. The number of fused-ring (bicyclic) bond motifs is 1. The number of aromatic amines is 1. The maximum Gasteiger partial charge on any atom is 0.439 e. The molecule has 11 heteroatoms. The highest BCUT2D eigenvalue weighted by molar-refractivity contribution is 6.03. The van der Waals surface area contributed by atoms with Crippen molar-refractivity contribution in [1.29, 1.82) is 0 Å². The van der Waals surface area contributed by atoms with Gasteiger partial charge in [-0.25, -0.2) is 9.31 Å². The summed E-state index contributed by atoms with van der Waals surface area (Å²) in [5.41, 5.74) is 6.60. The summed E-state index contributed by atoms with van der Waals surface area (Å²) in [5, 5.41) is 12.6. The van der Waals surface area contributed by atoms with E-state index in [-0.39, 0.29) is 11.6 Å². The third kappa shape index (κ3) is 5.19. The van der Waals surface area contributed by atoms with E-state index in [1.165, 1.54) is 6.33 Å². The number of aromatic nitrogens is 6. The molecule has 41 heavy (non-hydrogen) atoms. The third-order valence-electron chi connectivity index (χ3n) is 7.93. The number of allylic oxidation sites excluding steroid dienone is 4. The van der Waals surface area contributed by atoms with Crippen LogP contribution >= 0.6 is 0 Å². The minimum Gasteiger partial charge on any atom is -0.399 e. The van der Waals surface area contributed by atoms with Gasteiger partial charge in [0, 0.05) is 23.6 Å². The van der Waals surface area contributed by atoms with E-state index in [1.54, 1.807) is 7.11 Å². The summed E-state index contributed by atoms with van der Waals surface area (Å²) in [4.78, 5) is 37.9. The van der Waals surface area contributed by atoms with Crippen LogP contribution < -0.4 is 11.3 Å². The molecule has 1 N–H and O–H groups in total. The van der Waals surface area contributed by atoms with Gasteiger partial charge in [-0.2, -0.15) is 10.1 Å². The van der Waals surface area contributed by atoms with Gasteiger partial charge in [0.25, 0.3) is 5.56 Å². The van der Waals surface area contributed by atoms with Gasteiger partial charge >= 0.3 is 5.76 Å².